The highest BCUT2D eigenvalue weighted by Gasteiger charge is 2.20. The highest BCUT2D eigenvalue weighted by molar-refractivity contribution is 5.09. The molecule has 1 aliphatic rings. The molecule has 1 aliphatic carbocycles. The molecule has 1 N–H and O–H groups in total. The predicted octanol–water partition coefficient (Wildman–Crippen LogP) is 2.98. The Morgan fingerprint density at radius 3 is 2.31 bits per heavy atom. The van der Waals surface area contributed by atoms with Crippen LogP contribution in [0.2, 0.25) is 0 Å². The van der Waals surface area contributed by atoms with Crippen LogP contribution in [-0.4, -0.2) is 12.6 Å². The lowest BCUT2D eigenvalue weighted by molar-refractivity contribution is 0.643. The van der Waals surface area contributed by atoms with E-state index >= 15 is 0 Å². The van der Waals surface area contributed by atoms with Crippen molar-refractivity contribution >= 4 is 0 Å². The second-order valence-electron chi connectivity index (χ2n) is 4.80. The number of nitrogens with one attached hydrogen (secondary N) is 1. The molecule has 1 heteroatoms. The molecule has 0 saturated heterocycles. The summed E-state index contributed by atoms with van der Waals surface area (Å²) in [6, 6.07) is 0.828. The second kappa shape index (κ2) is 4.80. The van der Waals surface area contributed by atoms with Crippen molar-refractivity contribution < 1.29 is 0 Å². The molecule has 0 aromatic heterocycles. The summed E-state index contributed by atoms with van der Waals surface area (Å²) in [5.41, 5.74) is 1.57. The van der Waals surface area contributed by atoms with Gasteiger partial charge < -0.3 is 5.32 Å². The third-order valence-corrected chi connectivity index (χ3v) is 2.46. The lowest BCUT2D eigenvalue weighted by Gasteiger charge is -2.13. The summed E-state index contributed by atoms with van der Waals surface area (Å²) in [7, 11) is 0. The van der Waals surface area contributed by atoms with Crippen molar-refractivity contribution in [2.75, 3.05) is 6.54 Å². The van der Waals surface area contributed by atoms with Crippen molar-refractivity contribution in [2.45, 2.75) is 46.6 Å². The van der Waals surface area contributed by atoms with Gasteiger partial charge in [-0.3, -0.25) is 0 Å². The molecule has 1 nitrogen and oxygen atoms in total. The second-order valence-corrected chi connectivity index (χ2v) is 4.80. The van der Waals surface area contributed by atoms with Crippen molar-refractivity contribution in [3.8, 4) is 0 Å². The molecule has 1 saturated carbocycles. The quantitative estimate of drug-likeness (QED) is 0.643. The Kier molecular flexibility index (Phi) is 3.98. The number of hydrogen-bond acceptors (Lipinski definition) is 1. The van der Waals surface area contributed by atoms with Gasteiger partial charge in [-0.05, 0) is 24.7 Å². The van der Waals surface area contributed by atoms with Crippen LogP contribution >= 0.6 is 0 Å². The van der Waals surface area contributed by atoms with Crippen LogP contribution in [0.15, 0.2) is 11.6 Å². The van der Waals surface area contributed by atoms with Crippen LogP contribution < -0.4 is 5.32 Å². The van der Waals surface area contributed by atoms with Crippen LogP contribution in [0.4, 0.5) is 0 Å². The summed E-state index contributed by atoms with van der Waals surface area (Å²) in [6.45, 7) is 10.2. The van der Waals surface area contributed by atoms with Crippen molar-refractivity contribution in [3.05, 3.63) is 11.6 Å². The third-order valence-electron chi connectivity index (χ3n) is 2.46. The van der Waals surface area contributed by atoms with E-state index in [0.29, 0.717) is 11.8 Å². The topological polar surface area (TPSA) is 12.0 Å². The van der Waals surface area contributed by atoms with E-state index in [1.54, 1.807) is 5.57 Å². The Morgan fingerprint density at radius 1 is 1.31 bits per heavy atom. The molecule has 0 aliphatic heterocycles. The first-order chi connectivity index (χ1) is 6.09. The van der Waals surface area contributed by atoms with Gasteiger partial charge in [0.25, 0.3) is 0 Å². The van der Waals surface area contributed by atoms with Crippen LogP contribution in [0.3, 0.4) is 0 Å². The zero-order valence-corrected chi connectivity index (χ0v) is 9.43. The molecule has 0 aromatic carbocycles. The number of hydrogen-bond donors (Lipinski definition) is 1. The van der Waals surface area contributed by atoms with Crippen molar-refractivity contribution in [1.82, 2.24) is 5.32 Å². The summed E-state index contributed by atoms with van der Waals surface area (Å²) in [5.74, 6) is 1.37. The van der Waals surface area contributed by atoms with Gasteiger partial charge in [0.1, 0.15) is 0 Å². The molecule has 1 rings (SSSR count). The fourth-order valence-electron chi connectivity index (χ4n) is 1.43. The molecule has 0 atom stereocenters. The molecule has 76 valence electrons. The van der Waals surface area contributed by atoms with Gasteiger partial charge in [0.2, 0.25) is 0 Å². The highest BCUT2D eigenvalue weighted by atomic mass is 14.9. The van der Waals surface area contributed by atoms with Crippen LogP contribution in [-0.2, 0) is 0 Å². The third kappa shape index (κ3) is 4.47. The van der Waals surface area contributed by atoms with Crippen molar-refractivity contribution in [2.24, 2.45) is 11.8 Å². The summed E-state index contributed by atoms with van der Waals surface area (Å²) in [5, 5.41) is 3.58. The van der Waals surface area contributed by atoms with Gasteiger partial charge >= 0.3 is 0 Å². The molecule has 0 spiro atoms. The first-order valence-corrected chi connectivity index (χ1v) is 5.53. The first kappa shape index (κ1) is 10.8. The molecule has 0 radical (unpaired) electrons. The maximum Gasteiger partial charge on any atom is 0.0169 e. The van der Waals surface area contributed by atoms with Crippen LogP contribution in [0.5, 0.6) is 0 Å². The zero-order chi connectivity index (χ0) is 9.84. The van der Waals surface area contributed by atoms with Gasteiger partial charge in [0, 0.05) is 12.6 Å². The van der Waals surface area contributed by atoms with Crippen LogP contribution in [0.25, 0.3) is 0 Å². The average Bonchev–Trinajstić information content (AvgIpc) is 2.79. The van der Waals surface area contributed by atoms with E-state index in [1.807, 2.05) is 0 Å². The lowest BCUT2D eigenvalue weighted by Crippen LogP contribution is -2.21. The molecule has 13 heavy (non-hydrogen) atoms. The number of rotatable bonds is 5. The Balaban J connectivity index is 2.36. The van der Waals surface area contributed by atoms with Gasteiger partial charge in [0.05, 0.1) is 0 Å². The summed E-state index contributed by atoms with van der Waals surface area (Å²) >= 11 is 0. The SMILES string of the molecule is CC(C)C=C(CNC1CC1)C(C)C. The summed E-state index contributed by atoms with van der Waals surface area (Å²) in [6.07, 6.45) is 5.17. The Labute approximate surface area is 82.6 Å². The van der Waals surface area contributed by atoms with Crippen LogP contribution in [0, 0.1) is 11.8 Å². The van der Waals surface area contributed by atoms with Crippen molar-refractivity contribution in [3.63, 3.8) is 0 Å². The van der Waals surface area contributed by atoms with Gasteiger partial charge in [0.15, 0.2) is 0 Å². The fraction of sp³-hybridized carbons (Fsp3) is 0.833. The van der Waals surface area contributed by atoms with E-state index in [0.717, 1.165) is 12.6 Å². The Morgan fingerprint density at radius 2 is 1.92 bits per heavy atom. The minimum atomic E-state index is 0.679. The molecule has 0 unspecified atom stereocenters. The van der Waals surface area contributed by atoms with E-state index in [-0.39, 0.29) is 0 Å². The van der Waals surface area contributed by atoms with E-state index < -0.39 is 0 Å². The van der Waals surface area contributed by atoms with E-state index in [1.165, 1.54) is 12.8 Å². The molecule has 0 aromatic rings. The van der Waals surface area contributed by atoms with Gasteiger partial charge in [-0.25, -0.2) is 0 Å². The minimum Gasteiger partial charge on any atom is -0.310 e. The monoisotopic (exact) mass is 181 g/mol. The normalized spacial score (nSPS) is 18.8. The van der Waals surface area contributed by atoms with E-state index in [2.05, 4.69) is 39.1 Å². The van der Waals surface area contributed by atoms with Gasteiger partial charge in [-0.1, -0.05) is 39.3 Å². The predicted molar refractivity (Wildman–Crippen MR) is 58.8 cm³/mol. The smallest absolute Gasteiger partial charge is 0.0169 e. The largest absolute Gasteiger partial charge is 0.310 e. The van der Waals surface area contributed by atoms with E-state index in [9.17, 15) is 0 Å². The standard InChI is InChI=1S/C12H23N/c1-9(2)7-11(10(3)4)8-13-12-5-6-12/h7,9-10,12-13H,5-6,8H2,1-4H3. The van der Waals surface area contributed by atoms with Crippen molar-refractivity contribution in [1.29, 1.82) is 0 Å². The first-order valence-electron chi connectivity index (χ1n) is 5.53. The molecular weight excluding hydrogens is 158 g/mol. The maximum atomic E-state index is 3.58. The molecule has 0 amide bonds. The van der Waals surface area contributed by atoms with Crippen LogP contribution in [0.1, 0.15) is 40.5 Å². The van der Waals surface area contributed by atoms with Gasteiger partial charge in [-0.15, -0.1) is 0 Å². The Bertz CT molecular complexity index is 176. The summed E-state index contributed by atoms with van der Waals surface area (Å²) in [4.78, 5) is 0. The van der Waals surface area contributed by atoms with Gasteiger partial charge in [-0.2, -0.15) is 0 Å². The lowest BCUT2D eigenvalue weighted by atomic mass is 9.99. The molecule has 0 bridgehead atoms. The molecular formula is C12H23N. The average molecular weight is 181 g/mol. The summed E-state index contributed by atoms with van der Waals surface area (Å²) < 4.78 is 0. The maximum absolute atomic E-state index is 3.58. The molecule has 0 heterocycles. The number of allylic oxidation sites excluding steroid dienone is 1. The molecule has 1 fully saturated rings. The fourth-order valence-corrected chi connectivity index (χ4v) is 1.43. The minimum absolute atomic E-state index is 0.679. The highest BCUT2D eigenvalue weighted by Crippen LogP contribution is 2.20. The van der Waals surface area contributed by atoms with E-state index in [4.69, 9.17) is 0 Å². The zero-order valence-electron chi connectivity index (χ0n) is 9.43. The Hall–Kier alpha value is -0.300.